The molecular formula is C10H21N. The van der Waals surface area contributed by atoms with Crippen molar-refractivity contribution >= 4 is 0 Å². The van der Waals surface area contributed by atoms with Gasteiger partial charge in [0.15, 0.2) is 0 Å². The van der Waals surface area contributed by atoms with E-state index in [9.17, 15) is 0 Å². The van der Waals surface area contributed by atoms with Crippen molar-refractivity contribution < 1.29 is 0 Å². The van der Waals surface area contributed by atoms with Gasteiger partial charge in [0, 0.05) is 5.54 Å². The van der Waals surface area contributed by atoms with Gasteiger partial charge in [-0.1, -0.05) is 26.2 Å². The van der Waals surface area contributed by atoms with Gasteiger partial charge >= 0.3 is 0 Å². The highest BCUT2D eigenvalue weighted by molar-refractivity contribution is 4.87. The normalized spacial score (nSPS) is 31.1. The minimum absolute atomic E-state index is 0.495. The second kappa shape index (κ2) is 4.10. The van der Waals surface area contributed by atoms with E-state index >= 15 is 0 Å². The topological polar surface area (TPSA) is 12.0 Å². The van der Waals surface area contributed by atoms with Gasteiger partial charge in [0.2, 0.25) is 0 Å². The van der Waals surface area contributed by atoms with Crippen molar-refractivity contribution in [2.45, 2.75) is 57.9 Å². The summed E-state index contributed by atoms with van der Waals surface area (Å²) in [5.41, 5.74) is 0.495. The molecule has 0 aromatic heterocycles. The molecule has 1 unspecified atom stereocenters. The first-order valence-corrected chi connectivity index (χ1v) is 5.02. The van der Waals surface area contributed by atoms with Gasteiger partial charge in [-0.05, 0) is 32.7 Å². The van der Waals surface area contributed by atoms with Crippen LogP contribution in [0.25, 0.3) is 0 Å². The van der Waals surface area contributed by atoms with Gasteiger partial charge in [0.25, 0.3) is 0 Å². The largest absolute Gasteiger partial charge is 0.312 e. The first-order chi connectivity index (χ1) is 5.27. The Bertz CT molecular complexity index is 103. The van der Waals surface area contributed by atoms with Crippen LogP contribution in [0.1, 0.15) is 52.4 Å². The second-order valence-electron chi connectivity index (χ2n) is 4.05. The van der Waals surface area contributed by atoms with E-state index in [2.05, 4.69) is 19.2 Å². The Labute approximate surface area is 70.6 Å². The van der Waals surface area contributed by atoms with E-state index in [0.717, 1.165) is 0 Å². The van der Waals surface area contributed by atoms with Crippen LogP contribution < -0.4 is 5.32 Å². The first-order valence-electron chi connectivity index (χ1n) is 5.02. The van der Waals surface area contributed by atoms with Gasteiger partial charge < -0.3 is 5.32 Å². The van der Waals surface area contributed by atoms with E-state index in [-0.39, 0.29) is 0 Å². The molecule has 0 aromatic carbocycles. The van der Waals surface area contributed by atoms with E-state index in [4.69, 9.17) is 0 Å². The minimum Gasteiger partial charge on any atom is -0.312 e. The maximum Gasteiger partial charge on any atom is 0.0153 e. The van der Waals surface area contributed by atoms with Crippen molar-refractivity contribution in [1.29, 1.82) is 0 Å². The summed E-state index contributed by atoms with van der Waals surface area (Å²) in [6, 6.07) is 0. The molecule has 0 radical (unpaired) electrons. The predicted octanol–water partition coefficient (Wildman–Crippen LogP) is 2.71. The van der Waals surface area contributed by atoms with Crippen LogP contribution in [0.15, 0.2) is 0 Å². The Kier molecular flexibility index (Phi) is 3.38. The van der Waals surface area contributed by atoms with Crippen molar-refractivity contribution in [3.8, 4) is 0 Å². The number of nitrogens with one attached hydrogen (secondary N) is 1. The molecule has 1 rings (SSSR count). The third-order valence-electron chi connectivity index (χ3n) is 2.79. The van der Waals surface area contributed by atoms with Crippen LogP contribution in [0.4, 0.5) is 0 Å². The summed E-state index contributed by atoms with van der Waals surface area (Å²) in [7, 11) is 0. The summed E-state index contributed by atoms with van der Waals surface area (Å²) >= 11 is 0. The molecule has 0 amide bonds. The Morgan fingerprint density at radius 1 is 1.36 bits per heavy atom. The Morgan fingerprint density at radius 2 is 2.18 bits per heavy atom. The zero-order valence-corrected chi connectivity index (χ0v) is 7.95. The molecule has 66 valence electrons. The fourth-order valence-corrected chi connectivity index (χ4v) is 1.94. The van der Waals surface area contributed by atoms with Crippen molar-refractivity contribution in [2.75, 3.05) is 6.54 Å². The molecule has 1 atom stereocenters. The van der Waals surface area contributed by atoms with Crippen LogP contribution in [-0.2, 0) is 0 Å². The lowest BCUT2D eigenvalue weighted by atomic mass is 9.93. The van der Waals surface area contributed by atoms with Crippen molar-refractivity contribution in [2.24, 2.45) is 0 Å². The lowest BCUT2D eigenvalue weighted by Crippen LogP contribution is -2.35. The molecule has 0 aliphatic carbocycles. The highest BCUT2D eigenvalue weighted by atomic mass is 15.0. The molecule has 1 aliphatic heterocycles. The molecule has 0 bridgehead atoms. The Hall–Kier alpha value is -0.0400. The molecule has 0 saturated carbocycles. The summed E-state index contributed by atoms with van der Waals surface area (Å²) in [4.78, 5) is 0. The van der Waals surface area contributed by atoms with E-state index in [1.54, 1.807) is 0 Å². The van der Waals surface area contributed by atoms with Crippen LogP contribution in [0.5, 0.6) is 0 Å². The number of unbranched alkanes of at least 4 members (excludes halogenated alkanes) is 2. The molecular weight excluding hydrogens is 134 g/mol. The van der Waals surface area contributed by atoms with Gasteiger partial charge in [-0.15, -0.1) is 0 Å². The van der Waals surface area contributed by atoms with Gasteiger partial charge in [-0.2, -0.15) is 0 Å². The zero-order valence-electron chi connectivity index (χ0n) is 7.95. The minimum atomic E-state index is 0.495. The summed E-state index contributed by atoms with van der Waals surface area (Å²) in [6.45, 7) is 5.88. The maximum absolute atomic E-state index is 3.59. The summed E-state index contributed by atoms with van der Waals surface area (Å²) in [5.74, 6) is 0. The van der Waals surface area contributed by atoms with Gasteiger partial charge in [-0.25, -0.2) is 0 Å². The van der Waals surface area contributed by atoms with Crippen LogP contribution in [0.3, 0.4) is 0 Å². The lowest BCUT2D eigenvalue weighted by molar-refractivity contribution is 0.368. The highest BCUT2D eigenvalue weighted by Gasteiger charge is 2.26. The van der Waals surface area contributed by atoms with E-state index < -0.39 is 0 Å². The van der Waals surface area contributed by atoms with Gasteiger partial charge in [-0.3, -0.25) is 0 Å². The average molecular weight is 155 g/mol. The van der Waals surface area contributed by atoms with Gasteiger partial charge in [0.1, 0.15) is 0 Å². The molecule has 1 aliphatic rings. The molecule has 1 N–H and O–H groups in total. The molecule has 1 heterocycles. The monoisotopic (exact) mass is 155 g/mol. The number of rotatable bonds is 4. The van der Waals surface area contributed by atoms with Gasteiger partial charge in [0.05, 0.1) is 0 Å². The Balaban J connectivity index is 2.13. The maximum atomic E-state index is 3.59. The smallest absolute Gasteiger partial charge is 0.0153 e. The standard InChI is InChI=1S/C10H21N/c1-3-4-5-7-10(2)8-6-9-11-10/h11H,3-9H2,1-2H3. The molecule has 1 fully saturated rings. The predicted molar refractivity (Wildman–Crippen MR) is 49.8 cm³/mol. The zero-order chi connectivity index (χ0) is 8.16. The summed E-state index contributed by atoms with van der Waals surface area (Å²) < 4.78 is 0. The lowest BCUT2D eigenvalue weighted by Gasteiger charge is -2.23. The second-order valence-corrected chi connectivity index (χ2v) is 4.05. The summed E-state index contributed by atoms with van der Waals surface area (Å²) in [5, 5.41) is 3.59. The van der Waals surface area contributed by atoms with Crippen LogP contribution in [0.2, 0.25) is 0 Å². The third-order valence-corrected chi connectivity index (χ3v) is 2.79. The van der Waals surface area contributed by atoms with Crippen molar-refractivity contribution in [1.82, 2.24) is 5.32 Å². The average Bonchev–Trinajstić information content (AvgIpc) is 2.38. The Morgan fingerprint density at radius 3 is 2.73 bits per heavy atom. The molecule has 0 spiro atoms. The fourth-order valence-electron chi connectivity index (χ4n) is 1.94. The van der Waals surface area contributed by atoms with Crippen molar-refractivity contribution in [3.63, 3.8) is 0 Å². The van der Waals surface area contributed by atoms with Crippen LogP contribution in [0, 0.1) is 0 Å². The summed E-state index contributed by atoms with van der Waals surface area (Å²) in [6.07, 6.45) is 8.29. The SMILES string of the molecule is CCCCCC1(C)CCCN1. The molecule has 1 saturated heterocycles. The van der Waals surface area contributed by atoms with Crippen molar-refractivity contribution in [3.05, 3.63) is 0 Å². The molecule has 0 aromatic rings. The first kappa shape index (κ1) is 9.05. The van der Waals surface area contributed by atoms with E-state index in [1.165, 1.54) is 45.1 Å². The van der Waals surface area contributed by atoms with E-state index in [1.807, 2.05) is 0 Å². The number of hydrogen-bond acceptors (Lipinski definition) is 1. The fraction of sp³-hybridized carbons (Fsp3) is 1.00. The van der Waals surface area contributed by atoms with Crippen LogP contribution >= 0.6 is 0 Å². The third kappa shape index (κ3) is 2.82. The quantitative estimate of drug-likeness (QED) is 0.615. The molecule has 1 nitrogen and oxygen atoms in total. The van der Waals surface area contributed by atoms with E-state index in [0.29, 0.717) is 5.54 Å². The number of hydrogen-bond donors (Lipinski definition) is 1. The molecule has 1 heteroatoms. The van der Waals surface area contributed by atoms with Crippen LogP contribution in [-0.4, -0.2) is 12.1 Å². The molecule has 11 heavy (non-hydrogen) atoms. The highest BCUT2D eigenvalue weighted by Crippen LogP contribution is 2.24.